The Balaban J connectivity index is 1.45. The van der Waals surface area contributed by atoms with Crippen LogP contribution in [0.4, 0.5) is 9.52 Å². The summed E-state index contributed by atoms with van der Waals surface area (Å²) in [4.78, 5) is 32.8. The first-order chi connectivity index (χ1) is 19.3. The number of pyridine rings is 1. The van der Waals surface area contributed by atoms with E-state index in [1.54, 1.807) is 66.1 Å². The maximum atomic E-state index is 14.1. The number of imidazole rings is 1. The minimum Gasteiger partial charge on any atom is -0.505 e. The van der Waals surface area contributed by atoms with Crippen LogP contribution in [0.25, 0.3) is 11.4 Å². The lowest BCUT2D eigenvalue weighted by Crippen LogP contribution is -2.29. The summed E-state index contributed by atoms with van der Waals surface area (Å²) in [5.41, 5.74) is 2.46. The van der Waals surface area contributed by atoms with Crippen LogP contribution in [0.2, 0.25) is 0 Å². The molecule has 1 N–H and O–H groups in total. The molecule has 40 heavy (non-hydrogen) atoms. The van der Waals surface area contributed by atoms with Gasteiger partial charge in [0.15, 0.2) is 10.1 Å². The van der Waals surface area contributed by atoms with E-state index in [4.69, 9.17) is 0 Å². The van der Waals surface area contributed by atoms with Crippen LogP contribution in [0.15, 0.2) is 87.3 Å². The molecule has 12 heteroatoms. The first-order valence-electron chi connectivity index (χ1n) is 12.0. The zero-order valence-corrected chi connectivity index (χ0v) is 24.0. The molecule has 2 aromatic carbocycles. The van der Waals surface area contributed by atoms with Crippen molar-refractivity contribution in [1.29, 1.82) is 0 Å². The average molecular weight is 637 g/mol. The van der Waals surface area contributed by atoms with Crippen LogP contribution in [0.3, 0.4) is 0 Å². The lowest BCUT2D eigenvalue weighted by atomic mass is 9.96. The molecule has 1 saturated heterocycles. The topological polar surface area (TPSA) is 101 Å². The third-order valence-electron chi connectivity index (χ3n) is 6.45. The number of hydrogen-bond acceptors (Lipinski definition) is 8. The molecule has 1 aliphatic heterocycles. The highest BCUT2D eigenvalue weighted by atomic mass is 79.9. The molecule has 1 unspecified atom stereocenters. The van der Waals surface area contributed by atoms with E-state index in [-0.39, 0.29) is 22.3 Å². The summed E-state index contributed by atoms with van der Waals surface area (Å²) in [6.07, 6.45) is 1.73. The first kappa shape index (κ1) is 26.4. The average Bonchev–Trinajstić information content (AvgIpc) is 3.61. The highest BCUT2D eigenvalue weighted by molar-refractivity contribution is 9.10. The standard InChI is InChI=1S/C28H19BrFN5O3S2/c1-15-22(34-12-5-4-11-20(34)31-15)24(36)21-23(16-8-6-9-18(29)13-16)35(26(38)25(21)37)27-32-33-28(40-27)39-14-17-7-2-3-10-19(17)30/h2-13,23,36H,14H2,1H3/b24-21+. The van der Waals surface area contributed by atoms with Crippen LogP contribution in [0.5, 0.6) is 0 Å². The molecule has 6 rings (SSSR count). The number of aromatic nitrogens is 4. The molecule has 4 heterocycles. The van der Waals surface area contributed by atoms with Crippen molar-refractivity contribution in [3.05, 3.63) is 111 Å². The number of amides is 1. The SMILES string of the molecule is Cc1nc2ccccn2c1/C(O)=C1\C(=O)C(=O)N(c2nnc(SCc3ccccc3F)s2)C1c1cccc(Br)c1. The molecule has 200 valence electrons. The van der Waals surface area contributed by atoms with E-state index in [2.05, 4.69) is 31.1 Å². The van der Waals surface area contributed by atoms with Crippen molar-refractivity contribution in [2.24, 2.45) is 0 Å². The van der Waals surface area contributed by atoms with E-state index in [0.29, 0.717) is 38.3 Å². The predicted octanol–water partition coefficient (Wildman–Crippen LogP) is 6.31. The number of Topliss-reactive ketones (excluding diaryl/α,β-unsaturated/α-hetero) is 1. The molecule has 0 aliphatic carbocycles. The Hall–Kier alpha value is -3.87. The van der Waals surface area contributed by atoms with Gasteiger partial charge >= 0.3 is 5.91 Å². The maximum Gasteiger partial charge on any atom is 0.301 e. The van der Waals surface area contributed by atoms with E-state index in [1.807, 2.05) is 12.1 Å². The number of benzene rings is 2. The fourth-order valence-electron chi connectivity index (χ4n) is 4.66. The number of thioether (sulfide) groups is 1. The van der Waals surface area contributed by atoms with Gasteiger partial charge in [-0.2, -0.15) is 0 Å². The summed E-state index contributed by atoms with van der Waals surface area (Å²) in [5, 5.41) is 20.2. The van der Waals surface area contributed by atoms with E-state index in [0.717, 1.165) is 15.8 Å². The largest absolute Gasteiger partial charge is 0.505 e. The maximum absolute atomic E-state index is 14.1. The number of rotatable bonds is 6. The minimum atomic E-state index is -0.969. The van der Waals surface area contributed by atoms with Crippen LogP contribution in [0, 0.1) is 12.7 Å². The van der Waals surface area contributed by atoms with Crippen LogP contribution < -0.4 is 4.90 Å². The van der Waals surface area contributed by atoms with Gasteiger partial charge in [-0.05, 0) is 48.4 Å². The number of fused-ring (bicyclic) bond motifs is 1. The van der Waals surface area contributed by atoms with Gasteiger partial charge < -0.3 is 5.11 Å². The van der Waals surface area contributed by atoms with Crippen LogP contribution >= 0.6 is 39.0 Å². The Kier molecular flexibility index (Phi) is 6.99. The Morgan fingerprint density at radius 1 is 1.10 bits per heavy atom. The molecule has 5 aromatic rings. The summed E-state index contributed by atoms with van der Waals surface area (Å²) in [6, 6.07) is 18.1. The van der Waals surface area contributed by atoms with Gasteiger partial charge in [0.25, 0.3) is 5.78 Å². The smallest absolute Gasteiger partial charge is 0.301 e. The molecule has 1 aliphatic rings. The zero-order valence-electron chi connectivity index (χ0n) is 20.8. The third kappa shape index (κ3) is 4.61. The minimum absolute atomic E-state index is 0.0763. The van der Waals surface area contributed by atoms with Gasteiger partial charge in [0.1, 0.15) is 17.2 Å². The molecule has 1 fully saturated rings. The Bertz CT molecular complexity index is 1840. The van der Waals surface area contributed by atoms with Crippen molar-refractivity contribution in [3.8, 4) is 0 Å². The highest BCUT2D eigenvalue weighted by Crippen LogP contribution is 2.44. The molecule has 0 bridgehead atoms. The summed E-state index contributed by atoms with van der Waals surface area (Å²) in [7, 11) is 0. The fraction of sp³-hybridized carbons (Fsp3) is 0.107. The summed E-state index contributed by atoms with van der Waals surface area (Å²) < 4.78 is 17.0. The van der Waals surface area contributed by atoms with Gasteiger partial charge in [-0.3, -0.25) is 18.9 Å². The molecular formula is C28H19BrFN5O3S2. The summed E-state index contributed by atoms with van der Waals surface area (Å²) >= 11 is 5.86. The number of halogens is 2. The molecular weight excluding hydrogens is 617 g/mol. The quantitative estimate of drug-likeness (QED) is 0.0766. The monoisotopic (exact) mass is 635 g/mol. The van der Waals surface area contributed by atoms with Crippen molar-refractivity contribution in [1.82, 2.24) is 19.6 Å². The molecule has 3 aromatic heterocycles. The number of nitrogens with zero attached hydrogens (tertiary/aromatic N) is 5. The van der Waals surface area contributed by atoms with E-state index >= 15 is 0 Å². The highest BCUT2D eigenvalue weighted by Gasteiger charge is 2.49. The third-order valence-corrected chi connectivity index (χ3v) is 9.05. The molecule has 1 atom stereocenters. The summed E-state index contributed by atoms with van der Waals surface area (Å²) in [5.74, 6) is -2.00. The van der Waals surface area contributed by atoms with Crippen LogP contribution in [0.1, 0.15) is 28.6 Å². The van der Waals surface area contributed by atoms with Gasteiger partial charge in [-0.1, -0.05) is 75.4 Å². The van der Waals surface area contributed by atoms with Crippen molar-refractivity contribution >= 4 is 67.3 Å². The van der Waals surface area contributed by atoms with E-state index in [1.165, 1.54) is 22.7 Å². The van der Waals surface area contributed by atoms with Gasteiger partial charge in [-0.15, -0.1) is 10.2 Å². The number of ketones is 1. The number of aliphatic hydroxyl groups is 1. The number of hydrogen-bond donors (Lipinski definition) is 1. The lowest BCUT2D eigenvalue weighted by molar-refractivity contribution is -0.132. The van der Waals surface area contributed by atoms with Crippen molar-refractivity contribution < 1.29 is 19.1 Å². The van der Waals surface area contributed by atoms with Crippen LogP contribution in [-0.2, 0) is 15.3 Å². The van der Waals surface area contributed by atoms with Gasteiger partial charge in [0.05, 0.1) is 17.3 Å². The van der Waals surface area contributed by atoms with E-state index < -0.39 is 17.7 Å². The van der Waals surface area contributed by atoms with Gasteiger partial charge in [0, 0.05) is 16.4 Å². The second-order valence-electron chi connectivity index (χ2n) is 8.93. The van der Waals surface area contributed by atoms with E-state index in [9.17, 15) is 19.1 Å². The Morgan fingerprint density at radius 2 is 1.90 bits per heavy atom. The summed E-state index contributed by atoms with van der Waals surface area (Å²) in [6.45, 7) is 1.73. The normalized spacial score (nSPS) is 16.8. The van der Waals surface area contributed by atoms with Crippen LogP contribution in [-0.4, -0.2) is 36.4 Å². The second kappa shape index (κ2) is 10.6. The number of aliphatic hydroxyl groups excluding tert-OH is 1. The molecule has 8 nitrogen and oxygen atoms in total. The first-order valence-corrected chi connectivity index (χ1v) is 14.6. The number of carbonyl (C=O) groups excluding carboxylic acids is 2. The van der Waals surface area contributed by atoms with Crippen molar-refractivity contribution in [2.45, 2.75) is 23.1 Å². The molecule has 0 spiro atoms. The predicted molar refractivity (Wildman–Crippen MR) is 155 cm³/mol. The number of carbonyl (C=O) groups is 2. The molecule has 1 amide bonds. The second-order valence-corrected chi connectivity index (χ2v) is 12.0. The molecule has 0 saturated carbocycles. The Labute approximate surface area is 244 Å². The van der Waals surface area contributed by atoms with Gasteiger partial charge in [-0.25, -0.2) is 9.37 Å². The van der Waals surface area contributed by atoms with Crippen molar-refractivity contribution in [3.63, 3.8) is 0 Å². The van der Waals surface area contributed by atoms with Gasteiger partial charge in [0.2, 0.25) is 5.13 Å². The number of anilines is 1. The zero-order chi connectivity index (χ0) is 28.0. The number of aryl methyl sites for hydroxylation is 1. The fourth-order valence-corrected chi connectivity index (χ4v) is 6.93. The Morgan fingerprint density at radius 3 is 2.70 bits per heavy atom. The van der Waals surface area contributed by atoms with Crippen molar-refractivity contribution in [2.75, 3.05) is 4.90 Å². The molecule has 0 radical (unpaired) electrons. The lowest BCUT2D eigenvalue weighted by Gasteiger charge is -2.22.